The van der Waals surface area contributed by atoms with Crippen LogP contribution in [0, 0.1) is 17.2 Å². The zero-order valence-electron chi connectivity index (χ0n) is 9.96. The van der Waals surface area contributed by atoms with E-state index in [4.69, 9.17) is 5.26 Å². The van der Waals surface area contributed by atoms with Gasteiger partial charge in [-0.2, -0.15) is 5.26 Å². The Labute approximate surface area is 107 Å². The van der Waals surface area contributed by atoms with E-state index in [-0.39, 0.29) is 0 Å². The smallest absolute Gasteiger partial charge is 0.0994 e. The molecule has 0 aliphatic rings. The molecule has 0 radical (unpaired) electrons. The summed E-state index contributed by atoms with van der Waals surface area (Å²) in [5, 5.41) is 9.01. The lowest BCUT2D eigenvalue weighted by atomic mass is 9.95. The Kier molecular flexibility index (Phi) is 5.55. The van der Waals surface area contributed by atoms with Crippen LogP contribution < -0.4 is 0 Å². The Balaban J connectivity index is 2.66. The van der Waals surface area contributed by atoms with Crippen LogP contribution in [0.5, 0.6) is 0 Å². The number of rotatable bonds is 5. The van der Waals surface area contributed by atoms with Gasteiger partial charge in [-0.25, -0.2) is 0 Å². The van der Waals surface area contributed by atoms with Crippen LogP contribution in [0.2, 0.25) is 0 Å². The largest absolute Gasteiger partial charge is 0.192 e. The van der Waals surface area contributed by atoms with Gasteiger partial charge < -0.3 is 0 Å². The average molecular weight is 280 g/mol. The molecule has 0 saturated heterocycles. The van der Waals surface area contributed by atoms with Crippen molar-refractivity contribution in [1.82, 2.24) is 0 Å². The van der Waals surface area contributed by atoms with Crippen molar-refractivity contribution in [2.45, 2.75) is 39.5 Å². The average Bonchev–Trinajstić information content (AvgIpc) is 2.27. The van der Waals surface area contributed by atoms with Gasteiger partial charge in [-0.1, -0.05) is 42.6 Å². The summed E-state index contributed by atoms with van der Waals surface area (Å²) in [6.45, 7) is 4.50. The molecular formula is C14H18BrN. The molecule has 0 aliphatic heterocycles. The maximum atomic E-state index is 9.01. The van der Waals surface area contributed by atoms with Crippen molar-refractivity contribution in [2.75, 3.05) is 0 Å². The first kappa shape index (κ1) is 13.3. The van der Waals surface area contributed by atoms with E-state index in [0.717, 1.165) is 22.4 Å². The second-order valence-corrected chi connectivity index (χ2v) is 5.26. The summed E-state index contributed by atoms with van der Waals surface area (Å²) in [4.78, 5) is 0. The third kappa shape index (κ3) is 3.98. The molecule has 1 atom stereocenters. The minimum absolute atomic E-state index is 0.746. The Morgan fingerprint density at radius 2 is 2.12 bits per heavy atom. The van der Waals surface area contributed by atoms with Gasteiger partial charge in [0.05, 0.1) is 11.6 Å². The van der Waals surface area contributed by atoms with Crippen molar-refractivity contribution in [3.8, 4) is 6.07 Å². The van der Waals surface area contributed by atoms with Crippen LogP contribution in [0.1, 0.15) is 44.2 Å². The van der Waals surface area contributed by atoms with E-state index >= 15 is 0 Å². The Hall–Kier alpha value is -0.810. The summed E-state index contributed by atoms with van der Waals surface area (Å²) in [6, 6.07) is 8.15. The number of benzene rings is 1. The predicted molar refractivity (Wildman–Crippen MR) is 71.3 cm³/mol. The van der Waals surface area contributed by atoms with Crippen LogP contribution in [0.4, 0.5) is 0 Å². The second-order valence-electron chi connectivity index (χ2n) is 4.35. The van der Waals surface area contributed by atoms with E-state index in [0.29, 0.717) is 0 Å². The van der Waals surface area contributed by atoms with Crippen LogP contribution >= 0.6 is 15.9 Å². The van der Waals surface area contributed by atoms with E-state index in [9.17, 15) is 0 Å². The summed E-state index contributed by atoms with van der Waals surface area (Å²) < 4.78 is 1.06. The maximum Gasteiger partial charge on any atom is 0.0994 e. The van der Waals surface area contributed by atoms with Gasteiger partial charge in [0.1, 0.15) is 0 Å². The molecule has 0 saturated carbocycles. The van der Waals surface area contributed by atoms with Crippen molar-refractivity contribution in [3.05, 3.63) is 33.8 Å². The van der Waals surface area contributed by atoms with E-state index < -0.39 is 0 Å². The molecular weight excluding hydrogens is 262 g/mol. The molecule has 0 fully saturated rings. The summed E-state index contributed by atoms with van der Waals surface area (Å²) in [7, 11) is 0. The highest BCUT2D eigenvalue weighted by Crippen LogP contribution is 2.20. The first-order valence-corrected chi connectivity index (χ1v) is 6.65. The van der Waals surface area contributed by atoms with Gasteiger partial charge in [-0.05, 0) is 42.5 Å². The first-order chi connectivity index (χ1) is 7.67. The normalized spacial score (nSPS) is 12.1. The number of aryl methyl sites for hydroxylation is 1. The standard InChI is InChI=1S/C14H18BrN/c1-3-4-11(2)5-6-12-9-14(15)8-7-13(12)10-16/h7-9,11H,3-6H2,1-2H3. The van der Waals surface area contributed by atoms with Crippen LogP contribution in [0.25, 0.3) is 0 Å². The van der Waals surface area contributed by atoms with Gasteiger partial charge >= 0.3 is 0 Å². The maximum absolute atomic E-state index is 9.01. The zero-order valence-corrected chi connectivity index (χ0v) is 11.5. The fourth-order valence-electron chi connectivity index (χ4n) is 1.92. The Morgan fingerprint density at radius 3 is 2.75 bits per heavy atom. The van der Waals surface area contributed by atoms with E-state index in [1.165, 1.54) is 24.8 Å². The van der Waals surface area contributed by atoms with Gasteiger partial charge in [-0.3, -0.25) is 0 Å². The Morgan fingerprint density at radius 1 is 1.38 bits per heavy atom. The predicted octanol–water partition coefficient (Wildman–Crippen LogP) is 4.69. The van der Waals surface area contributed by atoms with Crippen LogP contribution in [-0.4, -0.2) is 0 Å². The third-order valence-electron chi connectivity index (χ3n) is 2.88. The molecule has 0 amide bonds. The SMILES string of the molecule is CCCC(C)CCc1cc(Br)ccc1C#N. The molecule has 2 heteroatoms. The van der Waals surface area contributed by atoms with Crippen LogP contribution in [0.15, 0.2) is 22.7 Å². The lowest BCUT2D eigenvalue weighted by Gasteiger charge is -2.10. The number of hydrogen-bond donors (Lipinski definition) is 0. The molecule has 1 aromatic carbocycles. The molecule has 0 aliphatic carbocycles. The van der Waals surface area contributed by atoms with E-state index in [1.54, 1.807) is 0 Å². The molecule has 16 heavy (non-hydrogen) atoms. The highest BCUT2D eigenvalue weighted by Gasteiger charge is 2.06. The van der Waals surface area contributed by atoms with Crippen molar-refractivity contribution in [2.24, 2.45) is 5.92 Å². The number of nitriles is 1. The van der Waals surface area contributed by atoms with Crippen molar-refractivity contribution in [3.63, 3.8) is 0 Å². The van der Waals surface area contributed by atoms with Gasteiger partial charge in [0.15, 0.2) is 0 Å². The number of halogens is 1. The molecule has 0 bridgehead atoms. The molecule has 1 rings (SSSR count). The zero-order chi connectivity index (χ0) is 12.0. The summed E-state index contributed by atoms with van der Waals surface area (Å²) in [5.74, 6) is 0.746. The van der Waals surface area contributed by atoms with Crippen molar-refractivity contribution in [1.29, 1.82) is 5.26 Å². The minimum Gasteiger partial charge on any atom is -0.192 e. The quantitative estimate of drug-likeness (QED) is 0.767. The Bertz CT molecular complexity index is 379. The molecule has 0 spiro atoms. The molecule has 0 N–H and O–H groups in total. The van der Waals surface area contributed by atoms with Crippen LogP contribution in [0.3, 0.4) is 0 Å². The van der Waals surface area contributed by atoms with Crippen molar-refractivity contribution >= 4 is 15.9 Å². The van der Waals surface area contributed by atoms with Gasteiger partial charge in [0.25, 0.3) is 0 Å². The summed E-state index contributed by atoms with van der Waals surface area (Å²) >= 11 is 3.45. The topological polar surface area (TPSA) is 23.8 Å². The van der Waals surface area contributed by atoms with E-state index in [1.807, 2.05) is 12.1 Å². The fourth-order valence-corrected chi connectivity index (χ4v) is 2.33. The molecule has 1 nitrogen and oxygen atoms in total. The molecule has 0 heterocycles. The summed E-state index contributed by atoms with van der Waals surface area (Å²) in [6.07, 6.45) is 4.68. The van der Waals surface area contributed by atoms with Gasteiger partial charge in [0, 0.05) is 4.47 Å². The molecule has 1 unspecified atom stereocenters. The highest BCUT2D eigenvalue weighted by atomic mass is 79.9. The first-order valence-electron chi connectivity index (χ1n) is 5.86. The second kappa shape index (κ2) is 6.70. The number of hydrogen-bond acceptors (Lipinski definition) is 1. The van der Waals surface area contributed by atoms with Crippen molar-refractivity contribution < 1.29 is 0 Å². The monoisotopic (exact) mass is 279 g/mol. The highest BCUT2D eigenvalue weighted by molar-refractivity contribution is 9.10. The minimum atomic E-state index is 0.746. The lowest BCUT2D eigenvalue weighted by Crippen LogP contribution is -1.98. The van der Waals surface area contributed by atoms with Crippen LogP contribution in [-0.2, 0) is 6.42 Å². The fraction of sp³-hybridized carbons (Fsp3) is 0.500. The molecule has 1 aromatic rings. The number of nitrogens with zero attached hydrogens (tertiary/aromatic N) is 1. The van der Waals surface area contributed by atoms with E-state index in [2.05, 4.69) is 41.9 Å². The summed E-state index contributed by atoms with van der Waals surface area (Å²) in [5.41, 5.74) is 1.98. The molecule has 86 valence electrons. The molecule has 0 aromatic heterocycles. The van der Waals surface area contributed by atoms with Gasteiger partial charge in [-0.15, -0.1) is 0 Å². The lowest BCUT2D eigenvalue weighted by molar-refractivity contribution is 0.486. The third-order valence-corrected chi connectivity index (χ3v) is 3.37. The van der Waals surface area contributed by atoms with Gasteiger partial charge in [0.2, 0.25) is 0 Å².